The third-order valence-corrected chi connectivity index (χ3v) is 4.79. The van der Waals surface area contributed by atoms with Gasteiger partial charge in [0.25, 0.3) is 0 Å². The number of guanidine groups is 1. The van der Waals surface area contributed by atoms with Gasteiger partial charge in [0.05, 0.1) is 0 Å². The summed E-state index contributed by atoms with van der Waals surface area (Å²) in [7, 11) is 1.98. The minimum Gasteiger partial charge on any atom is -0.356 e. The molecule has 1 aliphatic rings. The van der Waals surface area contributed by atoms with Crippen molar-refractivity contribution in [1.82, 2.24) is 30.3 Å². The predicted molar refractivity (Wildman–Crippen MR) is 113 cm³/mol. The van der Waals surface area contributed by atoms with Crippen LogP contribution < -0.4 is 10.6 Å². The maximum absolute atomic E-state index is 4.70. The average Bonchev–Trinajstić information content (AvgIpc) is 3.17. The Morgan fingerprint density at radius 2 is 2.08 bits per heavy atom. The van der Waals surface area contributed by atoms with Gasteiger partial charge in [-0.05, 0) is 39.3 Å². The van der Waals surface area contributed by atoms with Gasteiger partial charge in [0.2, 0.25) is 0 Å². The molecule has 0 aromatic carbocycles. The molecule has 1 aromatic heterocycles. The van der Waals surface area contributed by atoms with Gasteiger partial charge in [-0.1, -0.05) is 20.3 Å². The van der Waals surface area contributed by atoms with Crippen molar-refractivity contribution in [3.63, 3.8) is 0 Å². The molecule has 1 unspecified atom stereocenters. The summed E-state index contributed by atoms with van der Waals surface area (Å²) >= 11 is 0. The Hall–Kier alpha value is -0.900. The smallest absolute Gasteiger partial charge is 0.191 e. The molecule has 0 amide bonds. The van der Waals surface area contributed by atoms with E-state index in [1.807, 2.05) is 18.5 Å². The molecule has 0 aliphatic carbocycles. The Bertz CT molecular complexity index is 529. The van der Waals surface area contributed by atoms with E-state index in [2.05, 4.69) is 39.6 Å². The molecule has 2 heterocycles. The van der Waals surface area contributed by atoms with Gasteiger partial charge in [0, 0.05) is 26.2 Å². The highest BCUT2D eigenvalue weighted by atomic mass is 127. The summed E-state index contributed by atoms with van der Waals surface area (Å²) in [6.07, 6.45) is 4.89. The molecule has 0 spiro atoms. The van der Waals surface area contributed by atoms with E-state index >= 15 is 0 Å². The Morgan fingerprint density at radius 3 is 2.72 bits per heavy atom. The largest absolute Gasteiger partial charge is 0.356 e. The van der Waals surface area contributed by atoms with Crippen molar-refractivity contribution in [2.45, 2.75) is 59.0 Å². The number of nitrogens with one attached hydrogen (secondary N) is 2. The van der Waals surface area contributed by atoms with E-state index in [1.54, 1.807) is 0 Å². The molecule has 144 valence electrons. The zero-order chi connectivity index (χ0) is 17.4. The molecule has 1 aliphatic heterocycles. The number of hydrogen-bond acceptors (Lipinski definition) is 4. The van der Waals surface area contributed by atoms with Gasteiger partial charge >= 0.3 is 0 Å². The van der Waals surface area contributed by atoms with E-state index in [4.69, 9.17) is 4.99 Å². The summed E-state index contributed by atoms with van der Waals surface area (Å²) in [5, 5.41) is 15.2. The number of aromatic nitrogens is 3. The van der Waals surface area contributed by atoms with Crippen molar-refractivity contribution in [2.24, 2.45) is 12.0 Å². The van der Waals surface area contributed by atoms with Crippen molar-refractivity contribution < 1.29 is 0 Å². The van der Waals surface area contributed by atoms with E-state index in [9.17, 15) is 0 Å². The van der Waals surface area contributed by atoms with Crippen molar-refractivity contribution in [2.75, 3.05) is 26.2 Å². The number of aryl methyl sites for hydroxylation is 1. The van der Waals surface area contributed by atoms with Gasteiger partial charge in [-0.2, -0.15) is 0 Å². The summed E-state index contributed by atoms with van der Waals surface area (Å²) in [5.74, 6) is 2.69. The molecule has 1 fully saturated rings. The minimum absolute atomic E-state index is 0. The molecule has 1 aromatic rings. The lowest BCUT2D eigenvalue weighted by Gasteiger charge is -2.24. The molecule has 0 saturated carbocycles. The predicted octanol–water partition coefficient (Wildman–Crippen LogP) is 2.06. The number of unbranched alkanes of at least 4 members (excludes halogenated alkanes) is 1. The van der Waals surface area contributed by atoms with E-state index in [0.29, 0.717) is 12.6 Å². The maximum atomic E-state index is 4.70. The highest BCUT2D eigenvalue weighted by molar-refractivity contribution is 14.0. The van der Waals surface area contributed by atoms with E-state index in [0.717, 1.165) is 43.7 Å². The first-order valence-corrected chi connectivity index (χ1v) is 9.26. The second-order valence-electron chi connectivity index (χ2n) is 6.47. The standard InChI is InChI=1S/C17H33N7.HI/c1-5-7-10-18-17(19-12-15-9-8-11-24(15)6-2)20-13-16-22-21-14(3)23(16)4;/h15H,5-13H2,1-4H3,(H2,18,19,20);1H. The maximum Gasteiger partial charge on any atom is 0.191 e. The SMILES string of the molecule is CCCCNC(=NCc1nnc(C)n1C)NCC1CCCN1CC.I. The molecule has 1 atom stereocenters. The van der Waals surface area contributed by atoms with E-state index < -0.39 is 0 Å². The van der Waals surface area contributed by atoms with Crippen LogP contribution in [0.15, 0.2) is 4.99 Å². The Morgan fingerprint density at radius 1 is 1.28 bits per heavy atom. The first kappa shape index (κ1) is 22.1. The van der Waals surface area contributed by atoms with Crippen LogP contribution in [0.4, 0.5) is 0 Å². The second-order valence-corrected chi connectivity index (χ2v) is 6.47. The van der Waals surface area contributed by atoms with Gasteiger partial charge in [-0.25, -0.2) is 4.99 Å². The van der Waals surface area contributed by atoms with Crippen molar-refractivity contribution in [3.05, 3.63) is 11.6 Å². The first-order chi connectivity index (χ1) is 11.7. The fourth-order valence-corrected chi connectivity index (χ4v) is 3.05. The van der Waals surface area contributed by atoms with Gasteiger partial charge in [-0.3, -0.25) is 4.90 Å². The number of halogens is 1. The molecule has 0 bridgehead atoms. The molecular formula is C17H34IN7. The average molecular weight is 463 g/mol. The molecule has 2 N–H and O–H groups in total. The van der Waals surface area contributed by atoms with Crippen molar-refractivity contribution in [1.29, 1.82) is 0 Å². The molecular weight excluding hydrogens is 429 g/mol. The lowest BCUT2D eigenvalue weighted by Crippen LogP contribution is -2.45. The van der Waals surface area contributed by atoms with Crippen LogP contribution in [0.5, 0.6) is 0 Å². The third-order valence-electron chi connectivity index (χ3n) is 4.79. The second kappa shape index (κ2) is 11.7. The number of rotatable bonds is 8. The highest BCUT2D eigenvalue weighted by Gasteiger charge is 2.22. The first-order valence-electron chi connectivity index (χ1n) is 9.26. The van der Waals surface area contributed by atoms with Crippen LogP contribution >= 0.6 is 24.0 Å². The number of hydrogen-bond donors (Lipinski definition) is 2. The number of nitrogens with zero attached hydrogens (tertiary/aromatic N) is 5. The molecule has 0 radical (unpaired) electrons. The summed E-state index contributed by atoms with van der Waals surface area (Å²) in [6, 6.07) is 0.616. The summed E-state index contributed by atoms with van der Waals surface area (Å²) in [4.78, 5) is 7.25. The Kier molecular flexibility index (Phi) is 10.3. The number of likely N-dealkylation sites (N-methyl/N-ethyl adjacent to an activating group) is 1. The lowest BCUT2D eigenvalue weighted by molar-refractivity contribution is 0.267. The van der Waals surface area contributed by atoms with Gasteiger partial charge < -0.3 is 15.2 Å². The monoisotopic (exact) mass is 463 g/mol. The van der Waals surface area contributed by atoms with Crippen LogP contribution in [0.25, 0.3) is 0 Å². The zero-order valence-corrected chi connectivity index (χ0v) is 18.4. The van der Waals surface area contributed by atoms with Crippen LogP contribution in [-0.2, 0) is 13.6 Å². The number of likely N-dealkylation sites (tertiary alicyclic amines) is 1. The Labute approximate surface area is 169 Å². The van der Waals surface area contributed by atoms with Crippen LogP contribution in [0.1, 0.15) is 51.2 Å². The summed E-state index contributed by atoms with van der Waals surface area (Å²) in [6.45, 7) is 11.2. The van der Waals surface area contributed by atoms with Crippen molar-refractivity contribution in [3.8, 4) is 0 Å². The van der Waals surface area contributed by atoms with E-state index in [1.165, 1.54) is 25.8 Å². The van der Waals surface area contributed by atoms with Crippen LogP contribution in [0.2, 0.25) is 0 Å². The van der Waals surface area contributed by atoms with Crippen LogP contribution in [-0.4, -0.2) is 57.8 Å². The van der Waals surface area contributed by atoms with E-state index in [-0.39, 0.29) is 24.0 Å². The fourth-order valence-electron chi connectivity index (χ4n) is 3.05. The van der Waals surface area contributed by atoms with Gasteiger partial charge in [0.15, 0.2) is 11.8 Å². The molecule has 2 rings (SSSR count). The molecule has 1 saturated heterocycles. The summed E-state index contributed by atoms with van der Waals surface area (Å²) in [5.41, 5.74) is 0. The molecule has 7 nitrogen and oxygen atoms in total. The Balaban J connectivity index is 0.00000312. The van der Waals surface area contributed by atoms with Crippen molar-refractivity contribution >= 4 is 29.9 Å². The van der Waals surface area contributed by atoms with Crippen LogP contribution in [0.3, 0.4) is 0 Å². The fraction of sp³-hybridized carbons (Fsp3) is 0.824. The highest BCUT2D eigenvalue weighted by Crippen LogP contribution is 2.15. The van der Waals surface area contributed by atoms with Gasteiger partial charge in [-0.15, -0.1) is 34.2 Å². The minimum atomic E-state index is 0. The zero-order valence-electron chi connectivity index (χ0n) is 16.1. The summed E-state index contributed by atoms with van der Waals surface area (Å²) < 4.78 is 1.99. The lowest BCUT2D eigenvalue weighted by atomic mass is 10.2. The number of aliphatic imine (C=N–C) groups is 1. The molecule has 8 heteroatoms. The normalized spacial score (nSPS) is 18.2. The third kappa shape index (κ3) is 6.73. The van der Waals surface area contributed by atoms with Crippen LogP contribution in [0, 0.1) is 6.92 Å². The molecule has 25 heavy (non-hydrogen) atoms. The topological polar surface area (TPSA) is 70.4 Å². The van der Waals surface area contributed by atoms with Gasteiger partial charge in [0.1, 0.15) is 12.4 Å². The quantitative estimate of drug-likeness (QED) is 0.267.